The number of carbonyl (C=O) groups is 5. The Bertz CT molecular complexity index is 2510. The molecule has 16 nitrogen and oxygen atoms in total. The summed E-state index contributed by atoms with van der Waals surface area (Å²) in [6, 6.07) is 12.2. The molecule has 5 amide bonds. The van der Waals surface area contributed by atoms with Gasteiger partial charge in [-0.1, -0.05) is 17.7 Å². The second-order valence-corrected chi connectivity index (χ2v) is 17.4. The molecule has 4 N–H and O–H groups in total. The highest BCUT2D eigenvalue weighted by Crippen LogP contribution is 2.36. The third-order valence-corrected chi connectivity index (χ3v) is 12.8. The van der Waals surface area contributed by atoms with Crippen molar-refractivity contribution in [1.82, 2.24) is 30.0 Å². The average molecular weight is 894 g/mol. The third kappa shape index (κ3) is 9.72. The van der Waals surface area contributed by atoms with E-state index < -0.39 is 35.5 Å². The van der Waals surface area contributed by atoms with Gasteiger partial charge in [0.25, 0.3) is 11.8 Å². The lowest BCUT2D eigenvalue weighted by Gasteiger charge is -2.38. The van der Waals surface area contributed by atoms with Gasteiger partial charge < -0.3 is 30.3 Å². The van der Waals surface area contributed by atoms with Crippen LogP contribution in [-0.2, 0) is 19.1 Å². The van der Waals surface area contributed by atoms with Gasteiger partial charge in [-0.05, 0) is 100 Å². The smallest absolute Gasteiger partial charge is 0.262 e. The number of nitrogens with one attached hydrogen (secondary N) is 4. The Hall–Kier alpha value is -6.01. The van der Waals surface area contributed by atoms with Crippen LogP contribution in [0.4, 0.5) is 27.3 Å². The normalized spacial score (nSPS) is 22.3. The number of fused-ring (bicyclic) bond motifs is 2. The molecule has 1 unspecified atom stereocenters. The van der Waals surface area contributed by atoms with Gasteiger partial charge in [0, 0.05) is 67.4 Å². The van der Waals surface area contributed by atoms with E-state index in [0.29, 0.717) is 59.5 Å². The summed E-state index contributed by atoms with van der Waals surface area (Å²) in [5.41, 5.74) is 2.87. The summed E-state index contributed by atoms with van der Waals surface area (Å²) in [6.45, 7) is 6.39. The zero-order valence-corrected chi connectivity index (χ0v) is 35.9. The summed E-state index contributed by atoms with van der Waals surface area (Å²) in [6.07, 6.45) is 9.70. The van der Waals surface area contributed by atoms with Crippen LogP contribution < -0.4 is 26.0 Å². The van der Waals surface area contributed by atoms with Crippen LogP contribution >= 0.6 is 11.6 Å². The number of hydrogen-bond acceptors (Lipinski definition) is 13. The van der Waals surface area contributed by atoms with E-state index in [2.05, 4.69) is 41.0 Å². The highest BCUT2D eigenvalue weighted by atomic mass is 35.5. The number of rotatable bonds is 13. The van der Waals surface area contributed by atoms with Crippen molar-refractivity contribution in [1.29, 1.82) is 0 Å². The van der Waals surface area contributed by atoms with E-state index in [1.165, 1.54) is 18.5 Å². The number of piperidine rings is 3. The molecule has 5 aliphatic heterocycles. The predicted octanol–water partition coefficient (Wildman–Crippen LogP) is 5.52. The largest absolute Gasteiger partial charge is 0.486 e. The highest BCUT2D eigenvalue weighted by Gasteiger charge is 2.44. The number of halogens is 2. The summed E-state index contributed by atoms with van der Waals surface area (Å²) < 4.78 is 25.6. The SMILES string of the molecule is O=C(/C=C/CN1CCC(CN2CCC[C@@H](Nc3ccc4c(c3)C(=O)N(C3CCC(=O)NC3=O)C4=O)C2)CC1)Nc1cc2c(Nc3ccc(F)c(Cl)c3)ncnc2cc1O[C@H]1CCOC1. The molecule has 0 spiro atoms. The molecular formula is C46H49ClFN9O7. The zero-order chi connectivity index (χ0) is 44.3. The van der Waals surface area contributed by atoms with Gasteiger partial charge in [0.2, 0.25) is 17.7 Å². The highest BCUT2D eigenvalue weighted by molar-refractivity contribution is 6.31. The second-order valence-electron chi connectivity index (χ2n) is 17.0. The van der Waals surface area contributed by atoms with Crippen molar-refractivity contribution >= 4 is 74.9 Å². The van der Waals surface area contributed by atoms with Gasteiger partial charge in [-0.2, -0.15) is 0 Å². The fourth-order valence-electron chi connectivity index (χ4n) is 9.21. The number of benzene rings is 3. The van der Waals surface area contributed by atoms with Crippen molar-refractivity contribution in [3.8, 4) is 5.75 Å². The quantitative estimate of drug-likeness (QED) is 0.0973. The number of nitrogens with zero attached hydrogens (tertiary/aromatic N) is 5. The van der Waals surface area contributed by atoms with Crippen molar-refractivity contribution < 1.29 is 37.8 Å². The fourth-order valence-corrected chi connectivity index (χ4v) is 9.39. The Morgan fingerprint density at radius 3 is 2.56 bits per heavy atom. The number of ether oxygens (including phenoxy) is 2. The van der Waals surface area contributed by atoms with E-state index in [-0.39, 0.29) is 47.0 Å². The molecule has 0 bridgehead atoms. The molecule has 3 aromatic carbocycles. The number of carbonyl (C=O) groups excluding carboxylic acids is 5. The molecule has 1 aromatic heterocycles. The lowest BCUT2D eigenvalue weighted by atomic mass is 9.94. The minimum Gasteiger partial charge on any atom is -0.486 e. The van der Waals surface area contributed by atoms with Gasteiger partial charge in [-0.3, -0.25) is 39.1 Å². The second kappa shape index (κ2) is 19.0. The standard InChI is InChI=1S/C46H49ClFN9O7/c47-35-20-29(6-8-36(35)48)52-43-34-21-38(40(22-37(34)49-26-50-43)64-31-13-18-63-25-31)53-41(58)4-2-14-55-16-11-27(12-17-55)23-56-15-1-3-30(24-56)51-28-5-7-32-33(19-28)46(62)57(45(32)61)39-9-10-42(59)54-44(39)60/h2,4-8,19-22,26-27,30-31,39,51H,1,3,9-18,23-25H2,(H,53,58)(H,49,50,52)(H,54,59,60)/b4-2+/t30-,31+,39?/m1/s1. The van der Waals surface area contributed by atoms with Crippen LogP contribution in [0.3, 0.4) is 0 Å². The number of imide groups is 2. The van der Waals surface area contributed by atoms with Gasteiger partial charge in [0.1, 0.15) is 35.9 Å². The maximum Gasteiger partial charge on any atom is 0.262 e. The van der Waals surface area contributed by atoms with E-state index in [0.717, 1.165) is 75.4 Å². The van der Waals surface area contributed by atoms with Gasteiger partial charge in [-0.15, -0.1) is 0 Å². The maximum atomic E-state index is 13.8. The number of likely N-dealkylation sites (tertiary alicyclic amines) is 2. The van der Waals surface area contributed by atoms with Gasteiger partial charge in [0.05, 0.1) is 40.6 Å². The molecule has 4 fully saturated rings. The summed E-state index contributed by atoms with van der Waals surface area (Å²) in [7, 11) is 0. The van der Waals surface area contributed by atoms with E-state index in [1.54, 1.807) is 36.4 Å². The van der Waals surface area contributed by atoms with Crippen molar-refractivity contribution in [3.05, 3.63) is 89.0 Å². The predicted molar refractivity (Wildman–Crippen MR) is 237 cm³/mol. The molecule has 0 radical (unpaired) electrons. The lowest BCUT2D eigenvalue weighted by molar-refractivity contribution is -0.136. The third-order valence-electron chi connectivity index (χ3n) is 12.5. The first-order chi connectivity index (χ1) is 31.0. The van der Waals surface area contributed by atoms with Crippen LogP contribution in [0.5, 0.6) is 5.75 Å². The van der Waals surface area contributed by atoms with Crippen LogP contribution in [0.1, 0.15) is 65.7 Å². The van der Waals surface area contributed by atoms with Crippen molar-refractivity contribution in [2.75, 3.05) is 68.4 Å². The fraction of sp³-hybridized carbons (Fsp3) is 0.413. The van der Waals surface area contributed by atoms with Crippen LogP contribution in [0.15, 0.2) is 67.0 Å². The first-order valence-electron chi connectivity index (χ1n) is 21.8. The molecule has 0 aliphatic carbocycles. The van der Waals surface area contributed by atoms with Crippen molar-refractivity contribution in [2.45, 2.75) is 63.1 Å². The van der Waals surface area contributed by atoms with E-state index >= 15 is 0 Å². The van der Waals surface area contributed by atoms with Crippen LogP contribution in [0, 0.1) is 11.7 Å². The minimum atomic E-state index is -0.994. The number of anilines is 4. The molecule has 5 aliphatic rings. The Balaban J connectivity index is 0.760. The van der Waals surface area contributed by atoms with Crippen LogP contribution in [0.2, 0.25) is 5.02 Å². The molecule has 4 saturated heterocycles. The Morgan fingerprint density at radius 2 is 1.77 bits per heavy atom. The first-order valence-corrected chi connectivity index (χ1v) is 22.2. The Labute approximate surface area is 373 Å². The molecule has 18 heteroatoms. The summed E-state index contributed by atoms with van der Waals surface area (Å²) in [4.78, 5) is 78.7. The van der Waals surface area contributed by atoms with E-state index in [1.807, 2.05) is 12.1 Å². The Kier molecular flexibility index (Phi) is 12.8. The maximum absolute atomic E-state index is 13.8. The van der Waals surface area contributed by atoms with E-state index in [4.69, 9.17) is 21.1 Å². The molecule has 6 heterocycles. The molecule has 3 atom stereocenters. The average Bonchev–Trinajstić information content (AvgIpc) is 3.88. The molecule has 0 saturated carbocycles. The molecule has 4 aromatic rings. The van der Waals surface area contributed by atoms with Gasteiger partial charge in [-0.25, -0.2) is 14.4 Å². The van der Waals surface area contributed by atoms with E-state index in [9.17, 15) is 28.4 Å². The molecule has 334 valence electrons. The molecular weight excluding hydrogens is 845 g/mol. The van der Waals surface area contributed by atoms with Gasteiger partial charge in [0.15, 0.2) is 0 Å². The molecule has 64 heavy (non-hydrogen) atoms. The first kappa shape index (κ1) is 43.3. The summed E-state index contributed by atoms with van der Waals surface area (Å²) in [5.74, 6) is -1.42. The zero-order valence-electron chi connectivity index (χ0n) is 35.1. The Morgan fingerprint density at radius 1 is 0.938 bits per heavy atom. The minimum absolute atomic E-state index is 0.0248. The lowest BCUT2D eigenvalue weighted by Crippen LogP contribution is -2.54. The summed E-state index contributed by atoms with van der Waals surface area (Å²) >= 11 is 6.02. The van der Waals surface area contributed by atoms with Crippen molar-refractivity contribution in [3.63, 3.8) is 0 Å². The number of amides is 5. The number of hydrogen-bond donors (Lipinski definition) is 4. The summed E-state index contributed by atoms with van der Waals surface area (Å²) in [5, 5.41) is 12.6. The topological polar surface area (TPSA) is 187 Å². The van der Waals surface area contributed by atoms with Gasteiger partial charge >= 0.3 is 0 Å². The number of aromatic nitrogens is 2. The van der Waals surface area contributed by atoms with Crippen molar-refractivity contribution in [2.24, 2.45) is 5.92 Å². The van der Waals surface area contributed by atoms with Crippen LogP contribution in [0.25, 0.3) is 10.9 Å². The monoisotopic (exact) mass is 893 g/mol. The molecule has 9 rings (SSSR count). The van der Waals surface area contributed by atoms with Crippen LogP contribution in [-0.4, -0.2) is 125 Å².